The first-order valence-electron chi connectivity index (χ1n) is 16.7. The molecule has 0 radical (unpaired) electrons. The average molecular weight is 612 g/mol. The molecule has 3 nitrogen and oxygen atoms in total. The Hall–Kier alpha value is -6.06. The minimum atomic E-state index is -0.153. The summed E-state index contributed by atoms with van der Waals surface area (Å²) in [5.41, 5.74) is 7.84. The Morgan fingerprint density at radius 1 is 0.438 bits per heavy atom. The molecule has 224 valence electrons. The molecule has 11 rings (SSSR count). The molecular formula is C45H29N3. The van der Waals surface area contributed by atoms with Crippen molar-refractivity contribution in [2.45, 2.75) is 19.3 Å². The highest BCUT2D eigenvalue weighted by atomic mass is 15.2. The number of para-hydroxylation sites is 1. The highest BCUT2D eigenvalue weighted by molar-refractivity contribution is 6.42. The summed E-state index contributed by atoms with van der Waals surface area (Å²) in [4.78, 5) is 10.9. The molecule has 0 amide bonds. The van der Waals surface area contributed by atoms with Gasteiger partial charge in [-0.25, -0.2) is 9.97 Å². The number of hydrogen-bond donors (Lipinski definition) is 0. The third-order valence-electron chi connectivity index (χ3n) is 10.9. The Kier molecular flexibility index (Phi) is 4.91. The molecule has 2 aromatic heterocycles. The molecule has 0 saturated carbocycles. The van der Waals surface area contributed by atoms with Crippen LogP contribution in [0.5, 0.6) is 0 Å². The summed E-state index contributed by atoms with van der Waals surface area (Å²) in [7, 11) is 0. The highest BCUT2D eigenvalue weighted by Gasteiger charge is 2.35. The molecule has 0 aliphatic heterocycles. The van der Waals surface area contributed by atoms with Gasteiger partial charge in [0.25, 0.3) is 0 Å². The maximum Gasteiger partial charge on any atom is 0.235 e. The highest BCUT2D eigenvalue weighted by Crippen LogP contribution is 2.50. The van der Waals surface area contributed by atoms with Crippen molar-refractivity contribution in [1.82, 2.24) is 14.5 Å². The third-order valence-corrected chi connectivity index (χ3v) is 10.9. The van der Waals surface area contributed by atoms with Crippen molar-refractivity contribution < 1.29 is 0 Å². The zero-order valence-electron chi connectivity index (χ0n) is 26.6. The second-order valence-electron chi connectivity index (χ2n) is 13.7. The van der Waals surface area contributed by atoms with E-state index < -0.39 is 0 Å². The van der Waals surface area contributed by atoms with Crippen molar-refractivity contribution in [2.24, 2.45) is 0 Å². The van der Waals surface area contributed by atoms with Crippen molar-refractivity contribution in [3.63, 3.8) is 0 Å². The van der Waals surface area contributed by atoms with Gasteiger partial charge in [0.2, 0.25) is 5.95 Å². The van der Waals surface area contributed by atoms with Crippen molar-refractivity contribution in [3.05, 3.63) is 151 Å². The summed E-state index contributed by atoms with van der Waals surface area (Å²) < 4.78 is 2.33. The van der Waals surface area contributed by atoms with Gasteiger partial charge in [-0.2, -0.15) is 0 Å². The first kappa shape index (κ1) is 26.1. The molecule has 0 atom stereocenters. The molecule has 48 heavy (non-hydrogen) atoms. The standard InChI is InChI=1S/C45H29N3/c1-45(2)34-22-11-9-20-32(34)42-41-35(45)23-13-24-36(41)46-44(47-42)48-37-25-12-10-21-33(37)40-39-29-17-6-4-15-27(29)26-14-3-5-16-28(26)38(39)30-18-7-8-19-31(30)43(40)48/h3-25H,1-2H3. The average Bonchev–Trinajstić information content (AvgIpc) is 3.49. The lowest BCUT2D eigenvalue weighted by Crippen LogP contribution is -2.24. The number of nitrogens with zero attached hydrogens (tertiary/aromatic N) is 3. The quantitative estimate of drug-likeness (QED) is 0.173. The first-order valence-corrected chi connectivity index (χ1v) is 16.7. The Morgan fingerprint density at radius 3 is 1.75 bits per heavy atom. The molecule has 0 unspecified atom stereocenters. The van der Waals surface area contributed by atoms with Gasteiger partial charge >= 0.3 is 0 Å². The summed E-state index contributed by atoms with van der Waals surface area (Å²) in [5, 5.41) is 13.7. The fourth-order valence-electron chi connectivity index (χ4n) is 8.91. The van der Waals surface area contributed by atoms with Gasteiger partial charge < -0.3 is 0 Å². The van der Waals surface area contributed by atoms with E-state index in [1.54, 1.807) is 0 Å². The van der Waals surface area contributed by atoms with Crippen molar-refractivity contribution >= 4 is 75.8 Å². The summed E-state index contributed by atoms with van der Waals surface area (Å²) in [5.74, 6) is 0.699. The predicted molar refractivity (Wildman–Crippen MR) is 201 cm³/mol. The number of benzene rings is 8. The van der Waals surface area contributed by atoms with Crippen LogP contribution >= 0.6 is 0 Å². The fraction of sp³-hybridized carbons (Fsp3) is 0.0667. The van der Waals surface area contributed by atoms with Gasteiger partial charge in [-0.1, -0.05) is 141 Å². The Bertz CT molecular complexity index is 3040. The van der Waals surface area contributed by atoms with Crippen molar-refractivity contribution in [3.8, 4) is 17.2 Å². The van der Waals surface area contributed by atoms with Crippen LogP contribution in [0.2, 0.25) is 0 Å². The topological polar surface area (TPSA) is 30.7 Å². The smallest absolute Gasteiger partial charge is 0.235 e. The van der Waals surface area contributed by atoms with Crippen molar-refractivity contribution in [1.29, 1.82) is 0 Å². The van der Waals surface area contributed by atoms with Crippen LogP contribution in [0, 0.1) is 0 Å². The monoisotopic (exact) mass is 611 g/mol. The molecule has 0 bridgehead atoms. The van der Waals surface area contributed by atoms with Gasteiger partial charge in [-0.3, -0.25) is 4.57 Å². The van der Waals surface area contributed by atoms with E-state index >= 15 is 0 Å². The van der Waals surface area contributed by atoms with Crippen LogP contribution in [0.1, 0.15) is 25.0 Å². The van der Waals surface area contributed by atoms with Crippen LogP contribution in [0.4, 0.5) is 0 Å². The van der Waals surface area contributed by atoms with Gasteiger partial charge in [0.1, 0.15) is 0 Å². The summed E-state index contributed by atoms with van der Waals surface area (Å²) in [6.07, 6.45) is 0. The summed E-state index contributed by atoms with van der Waals surface area (Å²) in [6.45, 7) is 4.63. The van der Waals surface area contributed by atoms with Crippen molar-refractivity contribution in [2.75, 3.05) is 0 Å². The molecule has 3 heteroatoms. The lowest BCUT2D eigenvalue weighted by molar-refractivity contribution is 0.643. The fourth-order valence-corrected chi connectivity index (χ4v) is 8.91. The lowest BCUT2D eigenvalue weighted by Gasteiger charge is -2.34. The van der Waals surface area contributed by atoms with Gasteiger partial charge in [-0.15, -0.1) is 0 Å². The molecule has 0 saturated heterocycles. The third kappa shape index (κ3) is 3.14. The Labute approximate surface area is 276 Å². The second-order valence-corrected chi connectivity index (χ2v) is 13.7. The molecule has 2 heterocycles. The normalized spacial score (nSPS) is 13.8. The minimum Gasteiger partial charge on any atom is -0.277 e. The Morgan fingerprint density at radius 2 is 1.00 bits per heavy atom. The van der Waals surface area contributed by atoms with Crippen LogP contribution in [-0.2, 0) is 5.41 Å². The molecule has 0 fully saturated rings. The zero-order valence-corrected chi connectivity index (χ0v) is 26.6. The molecule has 1 aliphatic carbocycles. The van der Waals surface area contributed by atoms with Crippen LogP contribution in [0.25, 0.3) is 93.0 Å². The summed E-state index contributed by atoms with van der Waals surface area (Å²) in [6, 6.07) is 50.8. The van der Waals surface area contributed by atoms with E-state index in [1.165, 1.54) is 70.6 Å². The molecular weight excluding hydrogens is 583 g/mol. The van der Waals surface area contributed by atoms with Gasteiger partial charge in [0.05, 0.1) is 22.2 Å². The van der Waals surface area contributed by atoms with Crippen LogP contribution < -0.4 is 0 Å². The van der Waals surface area contributed by atoms with Crippen LogP contribution in [-0.4, -0.2) is 14.5 Å². The minimum absolute atomic E-state index is 0.153. The second kappa shape index (κ2) is 9.05. The molecule has 0 N–H and O–H groups in total. The molecule has 10 aromatic rings. The van der Waals surface area contributed by atoms with E-state index in [0.29, 0.717) is 5.95 Å². The van der Waals surface area contributed by atoms with E-state index in [2.05, 4.69) is 158 Å². The zero-order chi connectivity index (χ0) is 31.7. The predicted octanol–water partition coefficient (Wildman–Crippen LogP) is 11.6. The number of fused-ring (bicyclic) bond motifs is 15. The van der Waals surface area contributed by atoms with Crippen LogP contribution in [0.3, 0.4) is 0 Å². The van der Waals surface area contributed by atoms with Gasteiger partial charge in [0.15, 0.2) is 0 Å². The van der Waals surface area contributed by atoms with Gasteiger partial charge in [0, 0.05) is 37.9 Å². The van der Waals surface area contributed by atoms with E-state index in [-0.39, 0.29) is 5.41 Å². The van der Waals surface area contributed by atoms with Crippen LogP contribution in [0.15, 0.2) is 140 Å². The van der Waals surface area contributed by atoms with E-state index in [4.69, 9.17) is 9.97 Å². The maximum absolute atomic E-state index is 5.53. The number of rotatable bonds is 1. The van der Waals surface area contributed by atoms with Gasteiger partial charge in [-0.05, 0) is 55.6 Å². The lowest BCUT2D eigenvalue weighted by atomic mass is 9.70. The SMILES string of the molecule is CC1(C)c2ccccc2-c2nc(-n3c4ccccc4c4c5c6ccccc6c6ccccc6c5c5ccccc5c43)nc3cccc1c23. The maximum atomic E-state index is 5.53. The number of aromatic nitrogens is 3. The van der Waals surface area contributed by atoms with E-state index in [1.807, 2.05) is 0 Å². The Balaban J connectivity index is 1.40. The van der Waals surface area contributed by atoms with E-state index in [0.717, 1.165) is 27.6 Å². The molecule has 8 aromatic carbocycles. The number of hydrogen-bond acceptors (Lipinski definition) is 2. The summed E-state index contributed by atoms with van der Waals surface area (Å²) >= 11 is 0. The molecule has 0 spiro atoms. The first-order chi connectivity index (χ1) is 23.6. The molecule has 1 aliphatic rings. The van der Waals surface area contributed by atoms with E-state index in [9.17, 15) is 0 Å². The largest absolute Gasteiger partial charge is 0.277 e.